The summed E-state index contributed by atoms with van der Waals surface area (Å²) < 4.78 is 30.9. The molecule has 0 aliphatic carbocycles. The van der Waals surface area contributed by atoms with E-state index in [1.54, 1.807) is 13.8 Å². The topological polar surface area (TPSA) is 112 Å². The van der Waals surface area contributed by atoms with Gasteiger partial charge in [0, 0.05) is 37.3 Å². The zero-order valence-electron chi connectivity index (χ0n) is 15.2. The summed E-state index contributed by atoms with van der Waals surface area (Å²) in [6, 6.07) is 0. The second kappa shape index (κ2) is 8.98. The van der Waals surface area contributed by atoms with E-state index in [1.807, 2.05) is 6.92 Å². The number of nitrogens with one attached hydrogen (secondary N) is 3. The van der Waals surface area contributed by atoms with E-state index in [4.69, 9.17) is 4.74 Å². The van der Waals surface area contributed by atoms with Crippen molar-refractivity contribution in [3.05, 3.63) is 0 Å². The Morgan fingerprint density at radius 2 is 2.08 bits per heavy atom. The van der Waals surface area contributed by atoms with E-state index in [1.165, 1.54) is 0 Å². The summed E-state index contributed by atoms with van der Waals surface area (Å²) in [6.07, 6.45) is 2.72. The average Bonchev–Trinajstić information content (AvgIpc) is 2.89. The molecule has 0 radical (unpaired) electrons. The highest BCUT2D eigenvalue weighted by Crippen LogP contribution is 2.31. The maximum Gasteiger partial charge on any atom is 0.209 e. The summed E-state index contributed by atoms with van der Waals surface area (Å²) in [5.41, 5.74) is -0.749. The molecule has 142 valence electrons. The van der Waals surface area contributed by atoms with Gasteiger partial charge in [0.2, 0.25) is 10.0 Å². The molecule has 1 rings (SSSR count). The van der Waals surface area contributed by atoms with Gasteiger partial charge in [-0.1, -0.05) is 0 Å². The lowest BCUT2D eigenvalue weighted by atomic mass is 9.84. The van der Waals surface area contributed by atoms with Crippen molar-refractivity contribution in [3.63, 3.8) is 0 Å². The number of aliphatic imine (C=N–C) groups is 1. The SMILES string of the molecule is CCNC(=NCC(C)(C)NS(C)(=O)=O)NCC1(CCO)CCOC1. The molecule has 9 heteroatoms. The molecule has 1 heterocycles. The zero-order chi connectivity index (χ0) is 18.3. The second-order valence-corrected chi connectivity index (χ2v) is 8.83. The average molecular weight is 365 g/mol. The van der Waals surface area contributed by atoms with Gasteiger partial charge in [-0.15, -0.1) is 0 Å². The molecule has 1 atom stereocenters. The molecule has 0 aromatic carbocycles. The van der Waals surface area contributed by atoms with Crippen molar-refractivity contribution in [1.82, 2.24) is 15.4 Å². The van der Waals surface area contributed by atoms with Gasteiger partial charge < -0.3 is 20.5 Å². The Hall–Kier alpha value is -0.900. The minimum atomic E-state index is -3.29. The van der Waals surface area contributed by atoms with Gasteiger partial charge in [-0.25, -0.2) is 13.1 Å². The summed E-state index contributed by atoms with van der Waals surface area (Å²) >= 11 is 0. The van der Waals surface area contributed by atoms with Gasteiger partial charge in [0.1, 0.15) is 0 Å². The number of hydrogen-bond acceptors (Lipinski definition) is 5. The highest BCUT2D eigenvalue weighted by molar-refractivity contribution is 7.88. The first-order chi connectivity index (χ1) is 11.1. The molecule has 4 N–H and O–H groups in total. The zero-order valence-corrected chi connectivity index (χ0v) is 16.0. The van der Waals surface area contributed by atoms with Crippen LogP contribution in [-0.2, 0) is 14.8 Å². The van der Waals surface area contributed by atoms with E-state index in [0.29, 0.717) is 45.2 Å². The van der Waals surface area contributed by atoms with Crippen molar-refractivity contribution < 1.29 is 18.3 Å². The van der Waals surface area contributed by atoms with Crippen LogP contribution in [0.3, 0.4) is 0 Å². The predicted octanol–water partition coefficient (Wildman–Crippen LogP) is -0.342. The number of guanidine groups is 1. The summed E-state index contributed by atoms with van der Waals surface area (Å²) in [5, 5.41) is 15.7. The van der Waals surface area contributed by atoms with E-state index in [-0.39, 0.29) is 12.0 Å². The van der Waals surface area contributed by atoms with Crippen LogP contribution >= 0.6 is 0 Å². The van der Waals surface area contributed by atoms with Crippen molar-refractivity contribution in [2.75, 3.05) is 45.7 Å². The summed E-state index contributed by atoms with van der Waals surface area (Å²) in [4.78, 5) is 4.49. The van der Waals surface area contributed by atoms with Crippen LogP contribution in [0.4, 0.5) is 0 Å². The number of rotatable bonds is 9. The molecule has 0 saturated carbocycles. The molecule has 8 nitrogen and oxygen atoms in total. The molecule has 0 aromatic rings. The van der Waals surface area contributed by atoms with Crippen LogP contribution in [0, 0.1) is 5.41 Å². The first kappa shape index (κ1) is 21.1. The highest BCUT2D eigenvalue weighted by Gasteiger charge is 2.34. The number of aliphatic hydroxyl groups excluding tert-OH is 1. The van der Waals surface area contributed by atoms with Crippen molar-refractivity contribution >= 4 is 16.0 Å². The van der Waals surface area contributed by atoms with E-state index < -0.39 is 15.6 Å². The van der Waals surface area contributed by atoms with Crippen LogP contribution in [0.15, 0.2) is 4.99 Å². The van der Waals surface area contributed by atoms with Crippen LogP contribution in [0.1, 0.15) is 33.6 Å². The Labute approximate surface area is 145 Å². The standard InChI is InChI=1S/C15H32N4O4S/c1-5-16-13(17-10-14(2,3)19-24(4,21)22)18-11-15(6-8-20)7-9-23-12-15/h19-20H,5-12H2,1-4H3,(H2,16,17,18). The normalized spacial score (nSPS) is 22.6. The number of ether oxygens (including phenoxy) is 1. The molecule has 0 aromatic heterocycles. The Morgan fingerprint density at radius 1 is 1.38 bits per heavy atom. The highest BCUT2D eigenvalue weighted by atomic mass is 32.2. The number of aliphatic hydroxyl groups is 1. The Bertz CT molecular complexity index is 514. The first-order valence-electron chi connectivity index (χ1n) is 8.31. The number of hydrogen-bond donors (Lipinski definition) is 4. The van der Waals surface area contributed by atoms with E-state index in [0.717, 1.165) is 12.7 Å². The number of sulfonamides is 1. The molecule has 1 aliphatic heterocycles. The molecule has 24 heavy (non-hydrogen) atoms. The molecule has 0 bridgehead atoms. The lowest BCUT2D eigenvalue weighted by molar-refractivity contribution is 0.127. The van der Waals surface area contributed by atoms with E-state index in [2.05, 4.69) is 20.3 Å². The van der Waals surface area contributed by atoms with E-state index in [9.17, 15) is 13.5 Å². The molecule has 1 fully saturated rings. The third-order valence-electron chi connectivity index (χ3n) is 3.90. The van der Waals surface area contributed by atoms with Crippen molar-refractivity contribution in [1.29, 1.82) is 0 Å². The first-order valence-corrected chi connectivity index (χ1v) is 10.2. The molecular formula is C15H32N4O4S. The van der Waals surface area contributed by atoms with Crippen LogP contribution in [0.5, 0.6) is 0 Å². The fourth-order valence-electron chi connectivity index (χ4n) is 2.74. The lowest BCUT2D eigenvalue weighted by Crippen LogP contribution is -2.48. The van der Waals surface area contributed by atoms with Gasteiger partial charge >= 0.3 is 0 Å². The Morgan fingerprint density at radius 3 is 2.58 bits per heavy atom. The molecule has 0 amide bonds. The summed E-state index contributed by atoms with van der Waals surface area (Å²) in [7, 11) is -3.29. The second-order valence-electron chi connectivity index (χ2n) is 7.08. The van der Waals surface area contributed by atoms with Gasteiger partial charge in [0.15, 0.2) is 5.96 Å². The molecular weight excluding hydrogens is 332 g/mol. The fourth-order valence-corrected chi connectivity index (χ4v) is 3.80. The predicted molar refractivity (Wildman–Crippen MR) is 95.6 cm³/mol. The Balaban J connectivity index is 2.68. The van der Waals surface area contributed by atoms with Crippen molar-refractivity contribution in [2.45, 2.75) is 39.2 Å². The van der Waals surface area contributed by atoms with Crippen LogP contribution < -0.4 is 15.4 Å². The molecule has 1 saturated heterocycles. The van der Waals surface area contributed by atoms with Crippen LogP contribution in [0.2, 0.25) is 0 Å². The largest absolute Gasteiger partial charge is 0.396 e. The van der Waals surface area contributed by atoms with Crippen LogP contribution in [-0.4, -0.2) is 70.7 Å². The minimum Gasteiger partial charge on any atom is -0.396 e. The Kier molecular flexibility index (Phi) is 7.91. The van der Waals surface area contributed by atoms with Gasteiger partial charge in [-0.2, -0.15) is 0 Å². The third kappa shape index (κ3) is 7.78. The summed E-state index contributed by atoms with van der Waals surface area (Å²) in [6.45, 7) is 8.68. The van der Waals surface area contributed by atoms with E-state index >= 15 is 0 Å². The van der Waals surface area contributed by atoms with Gasteiger partial charge in [-0.3, -0.25) is 4.99 Å². The summed E-state index contributed by atoms with van der Waals surface area (Å²) in [5.74, 6) is 0.630. The van der Waals surface area contributed by atoms with Gasteiger partial charge in [0.05, 0.1) is 19.4 Å². The third-order valence-corrected chi connectivity index (χ3v) is 4.82. The maximum atomic E-state index is 11.4. The van der Waals surface area contributed by atoms with Gasteiger partial charge in [-0.05, 0) is 33.6 Å². The maximum absolute atomic E-state index is 11.4. The lowest BCUT2D eigenvalue weighted by Gasteiger charge is -2.28. The molecule has 1 aliphatic rings. The minimum absolute atomic E-state index is 0.0779. The smallest absolute Gasteiger partial charge is 0.209 e. The van der Waals surface area contributed by atoms with Crippen molar-refractivity contribution in [3.8, 4) is 0 Å². The van der Waals surface area contributed by atoms with Crippen LogP contribution in [0.25, 0.3) is 0 Å². The number of nitrogens with zero attached hydrogens (tertiary/aromatic N) is 1. The quantitative estimate of drug-likeness (QED) is 0.329. The molecule has 1 unspecified atom stereocenters. The fraction of sp³-hybridized carbons (Fsp3) is 0.933. The van der Waals surface area contributed by atoms with Crippen molar-refractivity contribution in [2.24, 2.45) is 10.4 Å². The monoisotopic (exact) mass is 364 g/mol. The van der Waals surface area contributed by atoms with Gasteiger partial charge in [0.25, 0.3) is 0 Å². The molecule has 0 spiro atoms.